The fraction of sp³-hybridized carbons (Fsp3) is 0.620. The number of ether oxygens (including phenoxy) is 3. The minimum atomic E-state index is -0.820. The lowest BCUT2D eigenvalue weighted by Crippen LogP contribution is -2.30. The van der Waals surface area contributed by atoms with Gasteiger partial charge in [-0.1, -0.05) is 263 Å². The lowest BCUT2D eigenvalue weighted by molar-refractivity contribution is -0.167. The Hall–Kier alpha value is -4.71. The van der Waals surface area contributed by atoms with Crippen molar-refractivity contribution in [3.63, 3.8) is 0 Å². The maximum absolute atomic E-state index is 12.9. The number of esters is 3. The largest absolute Gasteiger partial charge is 0.462 e. The summed E-state index contributed by atoms with van der Waals surface area (Å²) in [5, 5.41) is 0. The predicted octanol–water partition coefficient (Wildman–Crippen LogP) is 21.5. The molecule has 0 heterocycles. The minimum absolute atomic E-state index is 0.109. The van der Waals surface area contributed by atoms with Crippen LogP contribution in [0, 0.1) is 0 Å². The number of carbonyl (C=O) groups is 3. The van der Waals surface area contributed by atoms with Crippen molar-refractivity contribution in [3.05, 3.63) is 146 Å². The van der Waals surface area contributed by atoms with E-state index in [1.807, 2.05) is 0 Å². The highest BCUT2D eigenvalue weighted by atomic mass is 16.6. The van der Waals surface area contributed by atoms with Crippen LogP contribution in [0.15, 0.2) is 146 Å². The SMILES string of the molecule is CC/C=C\C/C=C\C/C=C\C/C=C\C/C=C\CCCC(=O)OC(COC(=O)CCCCCCCCC/C=C\C/C=C\C/C=C\CC)COC(=O)CCCCCCCCCCCCCC/C=C\C/C=C\C/C=C\C/C=C\CC. The van der Waals surface area contributed by atoms with Crippen LogP contribution in [-0.2, 0) is 28.6 Å². The van der Waals surface area contributed by atoms with Crippen molar-refractivity contribution < 1.29 is 28.6 Å². The molecule has 0 aromatic carbocycles. The molecular weight excluding hydrogens is 949 g/mol. The Morgan fingerprint density at radius 1 is 0.260 bits per heavy atom. The molecular formula is C71H114O6. The first-order valence-corrected chi connectivity index (χ1v) is 31.3. The van der Waals surface area contributed by atoms with E-state index in [9.17, 15) is 14.4 Å². The van der Waals surface area contributed by atoms with Gasteiger partial charge in [-0.2, -0.15) is 0 Å². The number of allylic oxidation sites excluding steroid dienone is 24. The fourth-order valence-electron chi connectivity index (χ4n) is 8.25. The molecule has 0 aliphatic carbocycles. The summed E-state index contributed by atoms with van der Waals surface area (Å²) in [7, 11) is 0. The number of hydrogen-bond donors (Lipinski definition) is 0. The summed E-state index contributed by atoms with van der Waals surface area (Å²) < 4.78 is 16.9. The third-order valence-corrected chi connectivity index (χ3v) is 12.8. The molecule has 0 N–H and O–H groups in total. The molecule has 434 valence electrons. The van der Waals surface area contributed by atoms with E-state index in [-0.39, 0.29) is 37.5 Å². The molecule has 0 saturated carbocycles. The molecule has 6 heteroatoms. The van der Waals surface area contributed by atoms with Crippen LogP contribution in [0.1, 0.15) is 265 Å². The van der Waals surface area contributed by atoms with Gasteiger partial charge in [0.05, 0.1) is 0 Å². The van der Waals surface area contributed by atoms with E-state index >= 15 is 0 Å². The van der Waals surface area contributed by atoms with Gasteiger partial charge in [0.25, 0.3) is 0 Å². The number of hydrogen-bond acceptors (Lipinski definition) is 6. The molecule has 0 rings (SSSR count). The van der Waals surface area contributed by atoms with Crippen molar-refractivity contribution in [2.45, 2.75) is 271 Å². The Balaban J connectivity index is 4.44. The monoisotopic (exact) mass is 1060 g/mol. The van der Waals surface area contributed by atoms with Crippen LogP contribution in [0.3, 0.4) is 0 Å². The van der Waals surface area contributed by atoms with Crippen LogP contribution in [0.4, 0.5) is 0 Å². The Bertz CT molecular complexity index is 1700. The maximum Gasteiger partial charge on any atom is 0.306 e. The van der Waals surface area contributed by atoms with Crippen LogP contribution < -0.4 is 0 Å². The molecule has 0 fully saturated rings. The molecule has 0 spiro atoms. The van der Waals surface area contributed by atoms with Gasteiger partial charge in [0.2, 0.25) is 0 Å². The first-order valence-electron chi connectivity index (χ1n) is 31.3. The van der Waals surface area contributed by atoms with Crippen molar-refractivity contribution in [1.82, 2.24) is 0 Å². The van der Waals surface area contributed by atoms with E-state index in [1.165, 1.54) is 89.9 Å². The summed E-state index contributed by atoms with van der Waals surface area (Å²) in [4.78, 5) is 38.3. The Morgan fingerprint density at radius 3 is 0.766 bits per heavy atom. The van der Waals surface area contributed by atoms with Crippen molar-refractivity contribution in [1.29, 1.82) is 0 Å². The summed E-state index contributed by atoms with van der Waals surface area (Å²) in [5.74, 6) is -0.981. The smallest absolute Gasteiger partial charge is 0.306 e. The number of rotatable bonds is 55. The van der Waals surface area contributed by atoms with Gasteiger partial charge in [0.15, 0.2) is 6.10 Å². The summed E-state index contributed by atoms with van der Waals surface area (Å²) in [6.07, 6.45) is 91.4. The quantitative estimate of drug-likeness (QED) is 0.0261. The molecule has 0 saturated heterocycles. The molecule has 6 nitrogen and oxygen atoms in total. The third kappa shape index (κ3) is 62.0. The Labute approximate surface area is 474 Å². The van der Waals surface area contributed by atoms with E-state index in [0.717, 1.165) is 128 Å². The number of unbranched alkanes of at least 4 members (excludes halogenated alkanes) is 20. The van der Waals surface area contributed by atoms with Gasteiger partial charge < -0.3 is 14.2 Å². The standard InChI is InChI=1S/C71H114O6/c1-4-7-10-13-16-19-22-25-28-31-32-33-34-35-36-37-38-41-43-46-49-52-55-58-61-64-70(73)76-67-68(77-71(74)65-62-59-56-53-50-47-44-40-30-27-24-21-18-15-12-9-6-3)66-75-69(72)63-60-57-54-51-48-45-42-39-29-26-23-20-17-14-11-8-5-2/h7-12,16-21,25-30,32-33,44,47,53,56,68H,4-6,13-15,22-24,31,34-43,45-46,48-52,54-55,57-67H2,1-3H3/b10-7-,11-8-,12-9-,19-16-,20-17-,21-18-,28-25-,29-26-,30-27-,33-32-,47-44-,56-53-. The highest BCUT2D eigenvalue weighted by molar-refractivity contribution is 5.71. The van der Waals surface area contributed by atoms with E-state index in [0.29, 0.717) is 19.3 Å². The van der Waals surface area contributed by atoms with Gasteiger partial charge in [-0.05, 0) is 128 Å². The van der Waals surface area contributed by atoms with Crippen LogP contribution in [0.25, 0.3) is 0 Å². The molecule has 0 bridgehead atoms. The average Bonchev–Trinajstić information content (AvgIpc) is 3.43. The topological polar surface area (TPSA) is 78.9 Å². The zero-order valence-corrected chi connectivity index (χ0v) is 49.7. The van der Waals surface area contributed by atoms with Gasteiger partial charge in [0.1, 0.15) is 13.2 Å². The van der Waals surface area contributed by atoms with E-state index < -0.39 is 6.10 Å². The zero-order chi connectivity index (χ0) is 55.7. The Kier molecular flexibility index (Phi) is 59.9. The van der Waals surface area contributed by atoms with Crippen LogP contribution in [0.2, 0.25) is 0 Å². The summed E-state index contributed by atoms with van der Waals surface area (Å²) in [6.45, 7) is 6.25. The van der Waals surface area contributed by atoms with Gasteiger partial charge >= 0.3 is 17.9 Å². The van der Waals surface area contributed by atoms with E-state index in [1.54, 1.807) is 0 Å². The normalized spacial score (nSPS) is 13.1. The molecule has 1 atom stereocenters. The molecule has 0 aromatic heterocycles. The lowest BCUT2D eigenvalue weighted by atomic mass is 10.0. The lowest BCUT2D eigenvalue weighted by Gasteiger charge is -2.18. The van der Waals surface area contributed by atoms with Crippen molar-refractivity contribution >= 4 is 17.9 Å². The highest BCUT2D eigenvalue weighted by Gasteiger charge is 2.19. The summed E-state index contributed by atoms with van der Waals surface area (Å²) in [5.41, 5.74) is 0. The zero-order valence-electron chi connectivity index (χ0n) is 49.7. The molecule has 1 unspecified atom stereocenters. The molecule has 0 aromatic rings. The average molecular weight is 1060 g/mol. The van der Waals surface area contributed by atoms with Crippen molar-refractivity contribution in [3.8, 4) is 0 Å². The second-order valence-corrected chi connectivity index (χ2v) is 20.2. The number of carbonyl (C=O) groups excluding carboxylic acids is 3. The second-order valence-electron chi connectivity index (χ2n) is 20.2. The van der Waals surface area contributed by atoms with Crippen LogP contribution in [-0.4, -0.2) is 37.2 Å². The fourth-order valence-corrected chi connectivity index (χ4v) is 8.25. The molecule has 0 aliphatic rings. The second kappa shape index (κ2) is 63.8. The summed E-state index contributed by atoms with van der Waals surface area (Å²) in [6, 6.07) is 0. The predicted molar refractivity (Wildman–Crippen MR) is 334 cm³/mol. The van der Waals surface area contributed by atoms with Crippen molar-refractivity contribution in [2.24, 2.45) is 0 Å². The van der Waals surface area contributed by atoms with Gasteiger partial charge in [0, 0.05) is 19.3 Å². The van der Waals surface area contributed by atoms with Crippen molar-refractivity contribution in [2.75, 3.05) is 13.2 Å². The highest BCUT2D eigenvalue weighted by Crippen LogP contribution is 2.15. The molecule has 0 amide bonds. The first kappa shape index (κ1) is 72.3. The van der Waals surface area contributed by atoms with E-state index in [4.69, 9.17) is 14.2 Å². The summed E-state index contributed by atoms with van der Waals surface area (Å²) >= 11 is 0. The maximum atomic E-state index is 12.9. The minimum Gasteiger partial charge on any atom is -0.462 e. The van der Waals surface area contributed by atoms with Crippen LogP contribution >= 0.6 is 0 Å². The molecule has 0 radical (unpaired) electrons. The van der Waals surface area contributed by atoms with Gasteiger partial charge in [-0.25, -0.2) is 0 Å². The van der Waals surface area contributed by atoms with Crippen LogP contribution in [0.5, 0.6) is 0 Å². The molecule has 77 heavy (non-hydrogen) atoms. The van der Waals surface area contributed by atoms with Gasteiger partial charge in [-0.3, -0.25) is 14.4 Å². The van der Waals surface area contributed by atoms with Gasteiger partial charge in [-0.15, -0.1) is 0 Å². The third-order valence-electron chi connectivity index (χ3n) is 12.8. The van der Waals surface area contributed by atoms with E-state index in [2.05, 4.69) is 167 Å². The first-order chi connectivity index (χ1) is 38.0. The Morgan fingerprint density at radius 2 is 0.481 bits per heavy atom. The molecule has 0 aliphatic heterocycles.